The molecule has 0 bridgehead atoms. The number of hydrogen-bond donors (Lipinski definition) is 2. The molecule has 0 aromatic heterocycles. The summed E-state index contributed by atoms with van der Waals surface area (Å²) in [5.74, 6) is -2.62. The molecular formula is C15H11ClF2N2O3. The van der Waals surface area contributed by atoms with Gasteiger partial charge in [0.15, 0.2) is 6.61 Å². The van der Waals surface area contributed by atoms with Gasteiger partial charge >= 0.3 is 0 Å². The Morgan fingerprint density at radius 2 is 1.78 bits per heavy atom. The van der Waals surface area contributed by atoms with E-state index in [-0.39, 0.29) is 16.3 Å². The lowest BCUT2D eigenvalue weighted by molar-refractivity contribution is -0.123. The first-order valence-corrected chi connectivity index (χ1v) is 6.76. The highest BCUT2D eigenvalue weighted by atomic mass is 35.5. The van der Waals surface area contributed by atoms with E-state index in [1.54, 1.807) is 0 Å². The van der Waals surface area contributed by atoms with Crippen molar-refractivity contribution in [2.45, 2.75) is 0 Å². The summed E-state index contributed by atoms with van der Waals surface area (Å²) in [4.78, 5) is 23.2. The van der Waals surface area contributed by atoms with Crippen LogP contribution in [0.5, 0.6) is 5.75 Å². The lowest BCUT2D eigenvalue weighted by Crippen LogP contribution is -2.44. The van der Waals surface area contributed by atoms with E-state index in [9.17, 15) is 18.4 Å². The zero-order chi connectivity index (χ0) is 16.8. The SMILES string of the molecule is O=C(COc1ccc(F)c(Cl)c1)NNC(=O)c1ccccc1F. The molecule has 2 aromatic rings. The third-order valence-electron chi connectivity index (χ3n) is 2.69. The third kappa shape index (κ3) is 4.65. The smallest absolute Gasteiger partial charge is 0.276 e. The minimum absolute atomic E-state index is 0.143. The van der Waals surface area contributed by atoms with Gasteiger partial charge in [0, 0.05) is 6.07 Å². The minimum atomic E-state index is -0.804. The normalized spacial score (nSPS) is 10.0. The number of amides is 2. The molecule has 0 saturated carbocycles. The molecule has 2 N–H and O–H groups in total. The van der Waals surface area contributed by atoms with Crippen LogP contribution in [-0.2, 0) is 4.79 Å². The van der Waals surface area contributed by atoms with Crippen molar-refractivity contribution in [3.8, 4) is 5.75 Å². The molecular weight excluding hydrogens is 330 g/mol. The molecule has 8 heteroatoms. The van der Waals surface area contributed by atoms with Crippen molar-refractivity contribution in [3.05, 3.63) is 64.7 Å². The molecule has 0 aliphatic rings. The summed E-state index contributed by atoms with van der Waals surface area (Å²) < 4.78 is 31.4. The Bertz CT molecular complexity index is 740. The van der Waals surface area contributed by atoms with Crippen molar-refractivity contribution in [1.29, 1.82) is 0 Å². The summed E-state index contributed by atoms with van der Waals surface area (Å²) in [7, 11) is 0. The first-order valence-electron chi connectivity index (χ1n) is 6.39. The van der Waals surface area contributed by atoms with Crippen LogP contribution in [0.2, 0.25) is 5.02 Å². The predicted octanol–water partition coefficient (Wildman–Crippen LogP) is 2.46. The van der Waals surface area contributed by atoms with E-state index in [4.69, 9.17) is 16.3 Å². The van der Waals surface area contributed by atoms with Crippen LogP contribution in [0, 0.1) is 11.6 Å². The quantitative estimate of drug-likeness (QED) is 0.840. The molecule has 0 saturated heterocycles. The summed E-state index contributed by atoms with van der Waals surface area (Å²) in [6.07, 6.45) is 0. The van der Waals surface area contributed by atoms with E-state index in [1.807, 2.05) is 0 Å². The summed E-state index contributed by atoms with van der Waals surface area (Å²) in [5.41, 5.74) is 3.91. The largest absolute Gasteiger partial charge is 0.484 e. The second-order valence-corrected chi connectivity index (χ2v) is 4.75. The number of benzene rings is 2. The summed E-state index contributed by atoms with van der Waals surface area (Å²) in [6, 6.07) is 8.92. The lowest BCUT2D eigenvalue weighted by Gasteiger charge is -2.09. The summed E-state index contributed by atoms with van der Waals surface area (Å²) in [6.45, 7) is -0.445. The van der Waals surface area contributed by atoms with Gasteiger partial charge in [-0.1, -0.05) is 23.7 Å². The molecule has 5 nitrogen and oxygen atoms in total. The van der Waals surface area contributed by atoms with Gasteiger partial charge in [-0.15, -0.1) is 0 Å². The zero-order valence-electron chi connectivity index (χ0n) is 11.6. The van der Waals surface area contributed by atoms with Crippen LogP contribution in [0.4, 0.5) is 8.78 Å². The maximum Gasteiger partial charge on any atom is 0.276 e. The summed E-state index contributed by atoms with van der Waals surface area (Å²) in [5, 5.41) is -0.143. The Morgan fingerprint density at radius 3 is 2.48 bits per heavy atom. The van der Waals surface area contributed by atoms with Crippen molar-refractivity contribution < 1.29 is 23.1 Å². The van der Waals surface area contributed by atoms with Gasteiger partial charge in [0.25, 0.3) is 11.8 Å². The molecule has 0 atom stereocenters. The lowest BCUT2D eigenvalue weighted by atomic mass is 10.2. The molecule has 0 unspecified atom stereocenters. The van der Waals surface area contributed by atoms with Crippen molar-refractivity contribution in [2.75, 3.05) is 6.61 Å². The Balaban J connectivity index is 1.82. The first kappa shape index (κ1) is 16.7. The highest BCUT2D eigenvalue weighted by Crippen LogP contribution is 2.20. The van der Waals surface area contributed by atoms with Crippen molar-refractivity contribution in [2.24, 2.45) is 0 Å². The zero-order valence-corrected chi connectivity index (χ0v) is 12.4. The van der Waals surface area contributed by atoms with Gasteiger partial charge < -0.3 is 4.74 Å². The predicted molar refractivity (Wildman–Crippen MR) is 78.9 cm³/mol. The van der Waals surface area contributed by atoms with Gasteiger partial charge in [-0.3, -0.25) is 20.4 Å². The van der Waals surface area contributed by atoms with Crippen molar-refractivity contribution in [1.82, 2.24) is 10.9 Å². The summed E-state index contributed by atoms with van der Waals surface area (Å²) >= 11 is 5.57. The number of ether oxygens (including phenoxy) is 1. The second kappa shape index (κ2) is 7.55. The van der Waals surface area contributed by atoms with Gasteiger partial charge in [0.2, 0.25) is 0 Å². The fourth-order valence-electron chi connectivity index (χ4n) is 1.59. The van der Waals surface area contributed by atoms with E-state index >= 15 is 0 Å². The van der Waals surface area contributed by atoms with E-state index in [1.165, 1.54) is 30.3 Å². The molecule has 0 aliphatic heterocycles. The molecule has 2 aromatic carbocycles. The topological polar surface area (TPSA) is 67.4 Å². The van der Waals surface area contributed by atoms with Crippen LogP contribution in [0.25, 0.3) is 0 Å². The fraction of sp³-hybridized carbons (Fsp3) is 0.0667. The molecule has 0 radical (unpaired) electrons. The maximum absolute atomic E-state index is 13.4. The minimum Gasteiger partial charge on any atom is -0.484 e. The number of nitrogens with one attached hydrogen (secondary N) is 2. The number of carbonyl (C=O) groups is 2. The van der Waals surface area contributed by atoms with Gasteiger partial charge in [-0.05, 0) is 24.3 Å². The molecule has 23 heavy (non-hydrogen) atoms. The number of carbonyl (C=O) groups excluding carboxylic acids is 2. The molecule has 120 valence electrons. The number of halogens is 3. The van der Waals surface area contributed by atoms with Gasteiger partial charge in [0.1, 0.15) is 17.4 Å². The molecule has 0 spiro atoms. The maximum atomic E-state index is 13.4. The number of hydrazine groups is 1. The number of hydrogen-bond acceptors (Lipinski definition) is 3. The van der Waals surface area contributed by atoms with Crippen LogP contribution in [-0.4, -0.2) is 18.4 Å². The molecule has 2 rings (SSSR count). The Kier molecular flexibility index (Phi) is 5.48. The Hall–Kier alpha value is -2.67. The molecule has 0 heterocycles. The Morgan fingerprint density at radius 1 is 1.04 bits per heavy atom. The van der Waals surface area contributed by atoms with E-state index in [0.717, 1.165) is 12.1 Å². The van der Waals surface area contributed by atoms with E-state index in [0.29, 0.717) is 0 Å². The monoisotopic (exact) mass is 340 g/mol. The van der Waals surface area contributed by atoms with Gasteiger partial charge in [-0.2, -0.15) is 0 Å². The molecule has 2 amide bonds. The van der Waals surface area contributed by atoms with Crippen LogP contribution in [0.15, 0.2) is 42.5 Å². The number of rotatable bonds is 4. The van der Waals surface area contributed by atoms with Crippen LogP contribution >= 0.6 is 11.6 Å². The van der Waals surface area contributed by atoms with E-state index in [2.05, 4.69) is 10.9 Å². The van der Waals surface area contributed by atoms with Crippen LogP contribution in [0.1, 0.15) is 10.4 Å². The highest BCUT2D eigenvalue weighted by molar-refractivity contribution is 6.30. The first-order chi connectivity index (χ1) is 11.0. The van der Waals surface area contributed by atoms with Gasteiger partial charge in [0.05, 0.1) is 10.6 Å². The average Bonchev–Trinajstić information content (AvgIpc) is 2.54. The molecule has 0 fully saturated rings. The average molecular weight is 341 g/mol. The third-order valence-corrected chi connectivity index (χ3v) is 2.98. The standard InChI is InChI=1S/C15H11ClF2N2O3/c16-11-7-9(5-6-13(11)18)23-8-14(21)19-20-15(22)10-3-1-2-4-12(10)17/h1-7H,8H2,(H,19,21)(H,20,22). The van der Waals surface area contributed by atoms with Crippen LogP contribution in [0.3, 0.4) is 0 Å². The fourth-order valence-corrected chi connectivity index (χ4v) is 1.76. The highest BCUT2D eigenvalue weighted by Gasteiger charge is 2.12. The second-order valence-electron chi connectivity index (χ2n) is 4.35. The van der Waals surface area contributed by atoms with Gasteiger partial charge in [-0.25, -0.2) is 8.78 Å². The van der Waals surface area contributed by atoms with Crippen molar-refractivity contribution in [3.63, 3.8) is 0 Å². The van der Waals surface area contributed by atoms with E-state index < -0.39 is 30.1 Å². The van der Waals surface area contributed by atoms with Crippen molar-refractivity contribution >= 4 is 23.4 Å². The Labute approximate surface area is 135 Å². The molecule has 0 aliphatic carbocycles. The van der Waals surface area contributed by atoms with Crippen LogP contribution < -0.4 is 15.6 Å².